The van der Waals surface area contributed by atoms with Crippen molar-refractivity contribution in [1.82, 2.24) is 19.2 Å². The van der Waals surface area contributed by atoms with Gasteiger partial charge in [0.25, 0.3) is 5.56 Å². The number of fused-ring (bicyclic) bond motifs is 3. The van der Waals surface area contributed by atoms with E-state index in [2.05, 4.69) is 24.0 Å². The highest BCUT2D eigenvalue weighted by Gasteiger charge is 2.18. The Labute approximate surface area is 177 Å². The highest BCUT2D eigenvalue weighted by atomic mass is 32.2. The fraction of sp³-hybridized carbons (Fsp3) is 0.318. The average Bonchev–Trinajstić information content (AvgIpc) is 3.15. The van der Waals surface area contributed by atoms with E-state index in [1.165, 1.54) is 23.9 Å². The predicted octanol–water partition coefficient (Wildman–Crippen LogP) is 4.06. The number of aliphatic hydroxyl groups is 1. The van der Waals surface area contributed by atoms with Gasteiger partial charge >= 0.3 is 0 Å². The van der Waals surface area contributed by atoms with Crippen LogP contribution in [0.1, 0.15) is 31.9 Å². The molecule has 156 valence electrons. The van der Waals surface area contributed by atoms with Crippen LogP contribution in [0.2, 0.25) is 0 Å². The molecule has 0 saturated heterocycles. The van der Waals surface area contributed by atoms with E-state index in [1.54, 1.807) is 22.8 Å². The normalized spacial score (nSPS) is 12.8. The van der Waals surface area contributed by atoms with Crippen LogP contribution < -0.4 is 5.56 Å². The van der Waals surface area contributed by atoms with Crippen molar-refractivity contribution in [2.75, 3.05) is 5.75 Å². The molecule has 8 heteroatoms. The van der Waals surface area contributed by atoms with E-state index < -0.39 is 6.10 Å². The van der Waals surface area contributed by atoms with Gasteiger partial charge in [-0.05, 0) is 42.2 Å². The van der Waals surface area contributed by atoms with Crippen LogP contribution in [0.15, 0.2) is 58.5 Å². The molecular formula is C22H23FN4O2S. The van der Waals surface area contributed by atoms with Gasteiger partial charge in [-0.15, -0.1) is 10.2 Å². The maximum atomic E-state index is 13.5. The lowest BCUT2D eigenvalue weighted by Gasteiger charge is -2.13. The van der Waals surface area contributed by atoms with Gasteiger partial charge in [-0.2, -0.15) is 0 Å². The second-order valence-corrected chi connectivity index (χ2v) is 8.64. The van der Waals surface area contributed by atoms with Crippen LogP contribution in [-0.2, 0) is 6.54 Å². The van der Waals surface area contributed by atoms with Gasteiger partial charge in [-0.3, -0.25) is 13.8 Å². The van der Waals surface area contributed by atoms with Gasteiger partial charge in [-0.25, -0.2) is 4.39 Å². The molecule has 6 nitrogen and oxygen atoms in total. The van der Waals surface area contributed by atoms with Crippen molar-refractivity contribution in [1.29, 1.82) is 0 Å². The molecule has 0 saturated carbocycles. The number of aromatic nitrogens is 4. The molecule has 30 heavy (non-hydrogen) atoms. The van der Waals surface area contributed by atoms with Crippen LogP contribution in [0.5, 0.6) is 0 Å². The van der Waals surface area contributed by atoms with Gasteiger partial charge in [0.05, 0.1) is 17.0 Å². The van der Waals surface area contributed by atoms with Crippen molar-refractivity contribution >= 4 is 28.4 Å². The van der Waals surface area contributed by atoms with Crippen LogP contribution in [0.3, 0.4) is 0 Å². The van der Waals surface area contributed by atoms with Crippen LogP contribution in [-0.4, -0.2) is 30.0 Å². The van der Waals surface area contributed by atoms with E-state index in [0.717, 1.165) is 11.9 Å². The summed E-state index contributed by atoms with van der Waals surface area (Å²) in [4.78, 5) is 13.0. The minimum Gasteiger partial charge on any atom is -0.388 e. The summed E-state index contributed by atoms with van der Waals surface area (Å²) in [6.45, 7) is 4.78. The van der Waals surface area contributed by atoms with E-state index in [-0.39, 0.29) is 17.1 Å². The first-order chi connectivity index (χ1) is 14.5. The molecule has 1 N–H and O–H groups in total. The minimum absolute atomic E-state index is 0.0810. The number of para-hydroxylation sites is 1. The zero-order valence-corrected chi connectivity index (χ0v) is 17.6. The third-order valence-electron chi connectivity index (χ3n) is 5.01. The molecule has 0 aliphatic carbocycles. The number of aliphatic hydroxyl groups excluding tert-OH is 1. The number of rotatable bonds is 7. The first-order valence-corrected chi connectivity index (χ1v) is 10.9. The van der Waals surface area contributed by atoms with Gasteiger partial charge < -0.3 is 5.11 Å². The summed E-state index contributed by atoms with van der Waals surface area (Å²) in [5, 5.41) is 20.2. The van der Waals surface area contributed by atoms with E-state index in [4.69, 9.17) is 0 Å². The molecule has 4 aromatic rings. The lowest BCUT2D eigenvalue weighted by Crippen LogP contribution is -2.24. The molecule has 1 atom stereocenters. The molecular weight excluding hydrogens is 403 g/mol. The first kappa shape index (κ1) is 20.6. The molecule has 4 rings (SSSR count). The highest BCUT2D eigenvalue weighted by molar-refractivity contribution is 7.99. The first-order valence-electron chi connectivity index (χ1n) is 9.88. The number of nitrogens with zero attached hydrogens (tertiary/aromatic N) is 4. The Hall–Kier alpha value is -2.71. The highest BCUT2D eigenvalue weighted by Crippen LogP contribution is 2.26. The molecule has 0 amide bonds. The Morgan fingerprint density at radius 2 is 1.93 bits per heavy atom. The molecule has 2 aromatic heterocycles. The number of halogens is 1. The van der Waals surface area contributed by atoms with Crippen molar-refractivity contribution in [3.8, 4) is 0 Å². The molecule has 0 spiro atoms. The number of aryl methyl sites for hydroxylation is 1. The zero-order valence-electron chi connectivity index (χ0n) is 16.8. The molecule has 0 bridgehead atoms. The topological polar surface area (TPSA) is 72.4 Å². The summed E-state index contributed by atoms with van der Waals surface area (Å²) >= 11 is 1.32. The molecule has 0 aliphatic rings. The van der Waals surface area contributed by atoms with E-state index in [1.807, 2.05) is 22.6 Å². The average molecular weight is 427 g/mol. The van der Waals surface area contributed by atoms with Crippen molar-refractivity contribution in [2.45, 2.75) is 38.1 Å². The number of hydrogen-bond acceptors (Lipinski definition) is 5. The minimum atomic E-state index is -0.851. The van der Waals surface area contributed by atoms with Crippen LogP contribution in [0, 0.1) is 11.7 Å². The fourth-order valence-corrected chi connectivity index (χ4v) is 4.29. The van der Waals surface area contributed by atoms with Gasteiger partial charge in [0.15, 0.2) is 5.16 Å². The van der Waals surface area contributed by atoms with Gasteiger partial charge in [0.2, 0.25) is 5.78 Å². The second-order valence-electron chi connectivity index (χ2n) is 7.66. The lowest BCUT2D eigenvalue weighted by atomic mass is 10.1. The second kappa shape index (κ2) is 8.57. The standard InChI is InChI=1S/C22H23FN4O2S/c1-14(2)10-11-26-20(29)17-8-3-4-9-18(17)27-21(26)24-25-22(27)30-13-19(28)15-6-5-7-16(23)12-15/h3-9,12,14,19,28H,10-11,13H2,1-2H3. The Kier molecular flexibility index (Phi) is 5.87. The molecule has 1 unspecified atom stereocenters. The largest absolute Gasteiger partial charge is 0.388 e. The summed E-state index contributed by atoms with van der Waals surface area (Å²) in [6, 6.07) is 13.3. The maximum Gasteiger partial charge on any atom is 0.262 e. The number of hydrogen-bond donors (Lipinski definition) is 1. The van der Waals surface area contributed by atoms with Crippen molar-refractivity contribution < 1.29 is 9.50 Å². The number of benzene rings is 2. The third kappa shape index (κ3) is 3.97. The lowest BCUT2D eigenvalue weighted by molar-refractivity contribution is 0.203. The van der Waals surface area contributed by atoms with Crippen molar-refractivity contribution in [3.63, 3.8) is 0 Å². The zero-order chi connectivity index (χ0) is 21.3. The smallest absolute Gasteiger partial charge is 0.262 e. The fourth-order valence-electron chi connectivity index (χ4n) is 3.38. The molecule has 0 aliphatic heterocycles. The van der Waals surface area contributed by atoms with Crippen LogP contribution in [0.4, 0.5) is 4.39 Å². The Bertz CT molecular complexity index is 1250. The Morgan fingerprint density at radius 3 is 2.70 bits per heavy atom. The summed E-state index contributed by atoms with van der Waals surface area (Å²) in [7, 11) is 0. The third-order valence-corrected chi connectivity index (χ3v) is 6.02. The van der Waals surface area contributed by atoms with E-state index in [9.17, 15) is 14.3 Å². The predicted molar refractivity (Wildman–Crippen MR) is 116 cm³/mol. The number of thioether (sulfide) groups is 1. The summed E-state index contributed by atoms with van der Waals surface area (Å²) in [5.74, 6) is 0.831. The summed E-state index contributed by atoms with van der Waals surface area (Å²) in [5.41, 5.74) is 1.16. The van der Waals surface area contributed by atoms with E-state index >= 15 is 0 Å². The van der Waals surface area contributed by atoms with Gasteiger partial charge in [0, 0.05) is 12.3 Å². The van der Waals surface area contributed by atoms with Crippen molar-refractivity contribution in [2.24, 2.45) is 5.92 Å². The summed E-state index contributed by atoms with van der Waals surface area (Å²) < 4.78 is 17.0. The van der Waals surface area contributed by atoms with E-state index in [0.29, 0.717) is 34.3 Å². The molecule has 0 fully saturated rings. The molecule has 2 heterocycles. The maximum absolute atomic E-state index is 13.5. The molecule has 0 radical (unpaired) electrons. The Balaban J connectivity index is 1.73. The monoisotopic (exact) mass is 426 g/mol. The summed E-state index contributed by atoms with van der Waals surface area (Å²) in [6.07, 6.45) is -0.00204. The van der Waals surface area contributed by atoms with Gasteiger partial charge in [-0.1, -0.05) is 49.9 Å². The van der Waals surface area contributed by atoms with Crippen LogP contribution in [0.25, 0.3) is 16.7 Å². The van der Waals surface area contributed by atoms with Gasteiger partial charge in [0.1, 0.15) is 5.82 Å². The van der Waals surface area contributed by atoms with Crippen molar-refractivity contribution in [3.05, 3.63) is 70.3 Å². The Morgan fingerprint density at radius 1 is 1.13 bits per heavy atom. The van der Waals surface area contributed by atoms with Crippen LogP contribution >= 0.6 is 11.8 Å². The quantitative estimate of drug-likeness (QED) is 0.451. The SMILES string of the molecule is CC(C)CCn1c(=O)c2ccccc2n2c(SCC(O)c3cccc(F)c3)nnc12. The molecule has 2 aromatic carbocycles.